The molecular formula is C9H14N2O9. The van der Waals surface area contributed by atoms with Gasteiger partial charge < -0.3 is 25.2 Å². The van der Waals surface area contributed by atoms with E-state index in [1.165, 1.54) is 0 Å². The first-order valence-corrected chi connectivity index (χ1v) is 5.66. The summed E-state index contributed by atoms with van der Waals surface area (Å²) in [5, 5.41) is 48.3. The number of hydrogen-bond donors (Lipinski definition) is 6. The maximum absolute atomic E-state index is 11.7. The lowest BCUT2D eigenvalue weighted by Crippen LogP contribution is -2.67. The third kappa shape index (κ3) is 2.25. The Balaban J connectivity index is 2.25. The summed E-state index contributed by atoms with van der Waals surface area (Å²) >= 11 is 0. The van der Waals surface area contributed by atoms with Crippen LogP contribution >= 0.6 is 0 Å². The van der Waals surface area contributed by atoms with Crippen LogP contribution in [0.1, 0.15) is 0 Å². The number of urea groups is 1. The minimum atomic E-state index is -1.92. The summed E-state index contributed by atoms with van der Waals surface area (Å²) in [7, 11) is 0. The smallest absolute Gasteiger partial charge is 0.328 e. The maximum Gasteiger partial charge on any atom is 0.328 e. The number of aliphatic hydroxyl groups is 4. The fourth-order valence-electron chi connectivity index (χ4n) is 2.12. The first-order chi connectivity index (χ1) is 9.42. The van der Waals surface area contributed by atoms with Crippen LogP contribution in [0.4, 0.5) is 4.79 Å². The van der Waals surface area contributed by atoms with Crippen LogP contribution in [0.5, 0.6) is 0 Å². The Hall–Kier alpha value is -1.34. The summed E-state index contributed by atoms with van der Waals surface area (Å²) in [4.78, 5) is 27.3. The molecule has 2 saturated heterocycles. The van der Waals surface area contributed by atoms with E-state index in [1.807, 2.05) is 0 Å². The van der Waals surface area contributed by atoms with Crippen molar-refractivity contribution in [2.45, 2.75) is 36.9 Å². The number of imide groups is 1. The van der Waals surface area contributed by atoms with Crippen molar-refractivity contribution in [3.05, 3.63) is 0 Å². The number of aliphatic hydroxyl groups excluding tert-OH is 4. The van der Waals surface area contributed by atoms with Gasteiger partial charge in [-0.05, 0) is 0 Å². The van der Waals surface area contributed by atoms with Crippen molar-refractivity contribution in [2.75, 3.05) is 6.61 Å². The molecule has 11 nitrogen and oxygen atoms in total. The Morgan fingerprint density at radius 2 is 1.90 bits per heavy atom. The number of rotatable bonds is 3. The van der Waals surface area contributed by atoms with E-state index in [0.717, 1.165) is 0 Å². The Morgan fingerprint density at radius 1 is 1.25 bits per heavy atom. The predicted octanol–water partition coefficient (Wildman–Crippen LogP) is -3.85. The largest absolute Gasteiger partial charge is 0.394 e. The summed E-state index contributed by atoms with van der Waals surface area (Å²) in [5.41, 5.74) is 0. The zero-order chi connectivity index (χ0) is 15.0. The lowest BCUT2D eigenvalue weighted by Gasteiger charge is -2.39. The molecule has 11 heteroatoms. The molecule has 114 valence electrons. The Bertz CT molecular complexity index is 405. The van der Waals surface area contributed by atoms with E-state index >= 15 is 0 Å². The minimum absolute atomic E-state index is 0.523. The lowest BCUT2D eigenvalue weighted by molar-refractivity contribution is -0.338. The van der Waals surface area contributed by atoms with Gasteiger partial charge in [0.1, 0.15) is 18.3 Å². The second-order valence-corrected chi connectivity index (χ2v) is 4.37. The maximum atomic E-state index is 11.7. The molecule has 2 aliphatic rings. The van der Waals surface area contributed by atoms with Crippen LogP contribution in [-0.4, -0.2) is 86.0 Å². The summed E-state index contributed by atoms with van der Waals surface area (Å²) in [6, 6.07) is -1.10. The predicted molar refractivity (Wildman–Crippen MR) is 56.6 cm³/mol. The molecule has 2 unspecified atom stereocenters. The Labute approximate surface area is 111 Å². The molecular weight excluding hydrogens is 280 g/mol. The quantitative estimate of drug-likeness (QED) is 0.225. The number of carbonyl (C=O) groups is 2. The van der Waals surface area contributed by atoms with Gasteiger partial charge in [0, 0.05) is 0 Å². The number of carbonyl (C=O) groups excluding carboxylic acids is 2. The summed E-state index contributed by atoms with van der Waals surface area (Å²) in [5.74, 6) is -1.10. The highest BCUT2D eigenvalue weighted by molar-refractivity contribution is 5.99. The standard InChI is InChI=1S/C9H14N2O9/c12-1-2-3(13)4(14)7(19-2)11-8(20-18)5(15)6(16)10-9(11)17/h2-5,7-8,12-15,18H,1H2,(H,10,16,17)/t2-,3-,4-,5?,7-,8?/m1/s1. The molecule has 2 rings (SSSR count). The zero-order valence-corrected chi connectivity index (χ0v) is 9.99. The van der Waals surface area contributed by atoms with Gasteiger partial charge >= 0.3 is 6.03 Å². The van der Waals surface area contributed by atoms with Gasteiger partial charge in [-0.2, -0.15) is 0 Å². The van der Waals surface area contributed by atoms with Crippen LogP contribution < -0.4 is 5.32 Å². The molecule has 0 aliphatic carbocycles. The summed E-state index contributed by atoms with van der Waals surface area (Å²) in [6.07, 6.45) is -9.55. The fraction of sp³-hybridized carbons (Fsp3) is 0.778. The molecule has 0 saturated carbocycles. The second-order valence-electron chi connectivity index (χ2n) is 4.37. The van der Waals surface area contributed by atoms with E-state index in [1.54, 1.807) is 5.32 Å². The zero-order valence-electron chi connectivity index (χ0n) is 9.99. The highest BCUT2D eigenvalue weighted by Crippen LogP contribution is 2.28. The average Bonchev–Trinajstić information content (AvgIpc) is 2.70. The molecule has 6 atom stereocenters. The van der Waals surface area contributed by atoms with Crippen LogP contribution in [0.3, 0.4) is 0 Å². The van der Waals surface area contributed by atoms with Crippen LogP contribution in [0, 0.1) is 0 Å². The molecule has 2 aliphatic heterocycles. The Morgan fingerprint density at radius 3 is 2.40 bits per heavy atom. The molecule has 2 fully saturated rings. The average molecular weight is 294 g/mol. The SMILES string of the molecule is O=C1NC(=O)N([C@@H]2O[C@H](CO)[C@@H](O)[C@H]2O)C(OO)C1O. The van der Waals surface area contributed by atoms with Gasteiger partial charge in [-0.15, -0.1) is 0 Å². The summed E-state index contributed by atoms with van der Waals surface area (Å²) in [6.45, 7) is -0.629. The monoisotopic (exact) mass is 294 g/mol. The molecule has 3 amide bonds. The number of nitrogens with zero attached hydrogens (tertiary/aromatic N) is 1. The first kappa shape index (κ1) is 15.1. The Kier molecular flexibility index (Phi) is 4.19. The molecule has 0 aromatic heterocycles. The topological polar surface area (TPSA) is 169 Å². The van der Waals surface area contributed by atoms with E-state index in [4.69, 9.17) is 15.1 Å². The summed E-state index contributed by atoms with van der Waals surface area (Å²) < 4.78 is 5.06. The fourth-order valence-corrected chi connectivity index (χ4v) is 2.12. The van der Waals surface area contributed by atoms with Crippen molar-refractivity contribution < 1.29 is 44.9 Å². The van der Waals surface area contributed by atoms with Crippen LogP contribution in [0.2, 0.25) is 0 Å². The molecule has 2 heterocycles. The molecule has 0 radical (unpaired) electrons. The molecule has 0 aromatic carbocycles. The van der Waals surface area contributed by atoms with E-state index in [9.17, 15) is 24.9 Å². The highest BCUT2D eigenvalue weighted by Gasteiger charge is 2.53. The van der Waals surface area contributed by atoms with Gasteiger partial charge in [0.25, 0.3) is 5.91 Å². The molecule has 20 heavy (non-hydrogen) atoms. The van der Waals surface area contributed by atoms with Crippen molar-refractivity contribution in [1.82, 2.24) is 10.2 Å². The van der Waals surface area contributed by atoms with Crippen molar-refractivity contribution in [1.29, 1.82) is 0 Å². The first-order valence-electron chi connectivity index (χ1n) is 5.66. The van der Waals surface area contributed by atoms with Gasteiger partial charge in [-0.1, -0.05) is 0 Å². The normalized spacial score (nSPS) is 42.0. The lowest BCUT2D eigenvalue weighted by atomic mass is 10.1. The van der Waals surface area contributed by atoms with Crippen LogP contribution in [-0.2, 0) is 14.4 Å². The van der Waals surface area contributed by atoms with E-state index < -0.39 is 55.4 Å². The van der Waals surface area contributed by atoms with E-state index in [0.29, 0.717) is 4.90 Å². The molecule has 0 aromatic rings. The number of hydrogen-bond acceptors (Lipinski definition) is 9. The second kappa shape index (κ2) is 5.57. The third-order valence-corrected chi connectivity index (χ3v) is 3.18. The van der Waals surface area contributed by atoms with Crippen LogP contribution in [0.15, 0.2) is 0 Å². The highest BCUT2D eigenvalue weighted by atomic mass is 17.1. The van der Waals surface area contributed by atoms with Crippen LogP contribution in [0.25, 0.3) is 0 Å². The van der Waals surface area contributed by atoms with Crippen molar-refractivity contribution in [2.24, 2.45) is 0 Å². The van der Waals surface area contributed by atoms with Gasteiger partial charge in [-0.3, -0.25) is 15.0 Å². The number of ether oxygens (including phenoxy) is 1. The van der Waals surface area contributed by atoms with Crippen molar-refractivity contribution in [3.8, 4) is 0 Å². The van der Waals surface area contributed by atoms with Gasteiger partial charge in [-0.25, -0.2) is 14.9 Å². The van der Waals surface area contributed by atoms with Crippen molar-refractivity contribution >= 4 is 11.9 Å². The number of nitrogens with one attached hydrogen (secondary N) is 1. The minimum Gasteiger partial charge on any atom is -0.394 e. The van der Waals surface area contributed by atoms with Gasteiger partial charge in [0.2, 0.25) is 6.23 Å². The van der Waals surface area contributed by atoms with Gasteiger partial charge in [0.15, 0.2) is 12.3 Å². The molecule has 6 N–H and O–H groups in total. The molecule has 0 spiro atoms. The van der Waals surface area contributed by atoms with Crippen molar-refractivity contribution in [3.63, 3.8) is 0 Å². The van der Waals surface area contributed by atoms with E-state index in [-0.39, 0.29) is 0 Å². The molecule has 0 bridgehead atoms. The number of amides is 3. The third-order valence-electron chi connectivity index (χ3n) is 3.18. The van der Waals surface area contributed by atoms with E-state index in [2.05, 4.69) is 4.89 Å². The van der Waals surface area contributed by atoms with Gasteiger partial charge in [0.05, 0.1) is 6.61 Å².